The molecule has 0 bridgehead atoms. The zero-order valence-corrected chi connectivity index (χ0v) is 12.0. The summed E-state index contributed by atoms with van der Waals surface area (Å²) in [6.45, 7) is 1.29. The van der Waals surface area contributed by atoms with Gasteiger partial charge in [0.25, 0.3) is 0 Å². The lowest BCUT2D eigenvalue weighted by Crippen LogP contribution is -2.36. The second kappa shape index (κ2) is 9.60. The molecule has 1 heterocycles. The van der Waals surface area contributed by atoms with Crippen molar-refractivity contribution in [2.75, 3.05) is 24.7 Å². The number of carbonyl (C=O) groups excluding carboxylic acids is 2. The van der Waals surface area contributed by atoms with E-state index in [9.17, 15) is 14.4 Å². The molecule has 2 unspecified atom stereocenters. The maximum Gasteiger partial charge on any atom is 0.326 e. The summed E-state index contributed by atoms with van der Waals surface area (Å²) in [6, 6.07) is -0.894. The smallest absolute Gasteiger partial charge is 0.326 e. The van der Waals surface area contributed by atoms with E-state index in [4.69, 9.17) is 9.84 Å². The van der Waals surface area contributed by atoms with Crippen molar-refractivity contribution in [3.05, 3.63) is 0 Å². The minimum absolute atomic E-state index is 0.0827. The molecular weight excluding hydrogens is 284 g/mol. The predicted molar refractivity (Wildman–Crippen MR) is 74.5 cm³/mol. The summed E-state index contributed by atoms with van der Waals surface area (Å²) < 4.78 is 5.39. The lowest BCUT2D eigenvalue weighted by molar-refractivity contribution is -0.140. The van der Waals surface area contributed by atoms with E-state index in [0.717, 1.165) is 19.4 Å². The number of rotatable bonds is 10. The van der Waals surface area contributed by atoms with Crippen LogP contribution in [0.2, 0.25) is 0 Å². The number of carboxylic acid groups (broad SMARTS) is 1. The van der Waals surface area contributed by atoms with E-state index in [1.807, 2.05) is 0 Å². The first-order valence-electron chi connectivity index (χ1n) is 6.52. The molecule has 7 nitrogen and oxygen atoms in total. The predicted octanol–water partition coefficient (Wildman–Crippen LogP) is -0.396. The molecule has 1 saturated heterocycles. The fourth-order valence-electron chi connectivity index (χ4n) is 1.81. The minimum atomic E-state index is -1.07. The first kappa shape index (κ1) is 16.8. The van der Waals surface area contributed by atoms with Crippen LogP contribution < -0.4 is 10.6 Å². The van der Waals surface area contributed by atoms with E-state index in [-0.39, 0.29) is 24.2 Å². The molecule has 0 aromatic rings. The number of hydrogen-bond donors (Lipinski definition) is 3. The van der Waals surface area contributed by atoms with Gasteiger partial charge in [-0.05, 0) is 25.0 Å². The van der Waals surface area contributed by atoms with Crippen molar-refractivity contribution < 1.29 is 24.2 Å². The SMILES string of the molecule is O=CNC(CCSCC(=O)NCC1CCCO1)C(=O)O. The molecule has 114 valence electrons. The Labute approximate surface area is 121 Å². The van der Waals surface area contributed by atoms with Crippen LogP contribution in [0, 0.1) is 0 Å². The molecule has 1 aliphatic rings. The number of thioether (sulfide) groups is 1. The number of carboxylic acids is 1. The summed E-state index contributed by atoms with van der Waals surface area (Å²) >= 11 is 1.34. The van der Waals surface area contributed by atoms with Gasteiger partial charge >= 0.3 is 5.97 Å². The van der Waals surface area contributed by atoms with Crippen molar-refractivity contribution in [2.45, 2.75) is 31.4 Å². The third kappa shape index (κ3) is 6.76. The minimum Gasteiger partial charge on any atom is -0.480 e. The van der Waals surface area contributed by atoms with Gasteiger partial charge in [-0.3, -0.25) is 9.59 Å². The molecule has 2 atom stereocenters. The Morgan fingerprint density at radius 3 is 2.90 bits per heavy atom. The van der Waals surface area contributed by atoms with E-state index < -0.39 is 12.0 Å². The van der Waals surface area contributed by atoms with Crippen LogP contribution in [0.3, 0.4) is 0 Å². The largest absolute Gasteiger partial charge is 0.480 e. The van der Waals surface area contributed by atoms with Gasteiger partial charge in [0.05, 0.1) is 11.9 Å². The summed E-state index contributed by atoms with van der Waals surface area (Å²) in [5.41, 5.74) is 0. The zero-order chi connectivity index (χ0) is 14.8. The average molecular weight is 304 g/mol. The molecular formula is C12H20N2O5S. The maximum atomic E-state index is 11.5. The van der Waals surface area contributed by atoms with Gasteiger partial charge in [-0.25, -0.2) is 4.79 Å². The molecule has 20 heavy (non-hydrogen) atoms. The van der Waals surface area contributed by atoms with E-state index in [0.29, 0.717) is 18.7 Å². The standard InChI is InChI=1S/C12H20N2O5S/c15-8-14-10(12(17)18)3-5-20-7-11(16)13-6-9-2-1-4-19-9/h8-10H,1-7H2,(H,13,16)(H,14,15)(H,17,18). The topological polar surface area (TPSA) is 105 Å². The van der Waals surface area contributed by atoms with Gasteiger partial charge in [0, 0.05) is 13.2 Å². The highest BCUT2D eigenvalue weighted by Crippen LogP contribution is 2.10. The van der Waals surface area contributed by atoms with Crippen LogP contribution in [0.1, 0.15) is 19.3 Å². The molecule has 0 saturated carbocycles. The summed E-state index contributed by atoms with van der Waals surface area (Å²) in [5, 5.41) is 13.8. The van der Waals surface area contributed by atoms with Crippen LogP contribution in [-0.2, 0) is 19.1 Å². The molecule has 0 aromatic heterocycles. The molecule has 0 spiro atoms. The second-order valence-electron chi connectivity index (χ2n) is 4.46. The molecule has 1 fully saturated rings. The molecule has 3 N–H and O–H groups in total. The number of ether oxygens (including phenoxy) is 1. The Kier molecular flexibility index (Phi) is 8.05. The van der Waals surface area contributed by atoms with Crippen molar-refractivity contribution >= 4 is 30.0 Å². The molecule has 1 rings (SSSR count). The fourth-order valence-corrected chi connectivity index (χ4v) is 2.64. The highest BCUT2D eigenvalue weighted by molar-refractivity contribution is 7.99. The quantitative estimate of drug-likeness (QED) is 0.375. The average Bonchev–Trinajstić information content (AvgIpc) is 2.93. The summed E-state index contributed by atoms with van der Waals surface area (Å²) in [5.74, 6) is -0.382. The van der Waals surface area contributed by atoms with Gasteiger partial charge in [0.1, 0.15) is 6.04 Å². The number of carbonyl (C=O) groups is 3. The van der Waals surface area contributed by atoms with Gasteiger partial charge in [-0.2, -0.15) is 11.8 Å². The molecule has 0 radical (unpaired) electrons. The normalized spacial score (nSPS) is 19.3. The van der Waals surface area contributed by atoms with E-state index in [1.54, 1.807) is 0 Å². The number of amides is 2. The number of aliphatic carboxylic acids is 1. The Morgan fingerprint density at radius 2 is 2.30 bits per heavy atom. The summed E-state index contributed by atoms with van der Waals surface area (Å²) in [6.07, 6.45) is 2.80. The van der Waals surface area contributed by atoms with Gasteiger partial charge < -0.3 is 20.5 Å². The highest BCUT2D eigenvalue weighted by Gasteiger charge is 2.17. The van der Waals surface area contributed by atoms with Gasteiger partial charge in [0.15, 0.2) is 0 Å². The van der Waals surface area contributed by atoms with Crippen molar-refractivity contribution in [2.24, 2.45) is 0 Å². The van der Waals surface area contributed by atoms with Crippen LogP contribution in [0.25, 0.3) is 0 Å². The highest BCUT2D eigenvalue weighted by atomic mass is 32.2. The third-order valence-electron chi connectivity index (χ3n) is 2.90. The van der Waals surface area contributed by atoms with Gasteiger partial charge in [-0.1, -0.05) is 0 Å². The van der Waals surface area contributed by atoms with Crippen molar-refractivity contribution in [3.63, 3.8) is 0 Å². The summed E-state index contributed by atoms with van der Waals surface area (Å²) in [4.78, 5) is 32.5. The fraction of sp³-hybridized carbons (Fsp3) is 0.750. The third-order valence-corrected chi connectivity index (χ3v) is 3.89. The van der Waals surface area contributed by atoms with Gasteiger partial charge in [0.2, 0.25) is 12.3 Å². The molecule has 8 heteroatoms. The first-order valence-corrected chi connectivity index (χ1v) is 7.67. The summed E-state index contributed by atoms with van der Waals surface area (Å²) in [7, 11) is 0. The molecule has 1 aliphatic heterocycles. The zero-order valence-electron chi connectivity index (χ0n) is 11.2. The van der Waals surface area contributed by atoms with Crippen LogP contribution in [0.4, 0.5) is 0 Å². The van der Waals surface area contributed by atoms with E-state index >= 15 is 0 Å². The van der Waals surface area contributed by atoms with Crippen molar-refractivity contribution in [1.82, 2.24) is 10.6 Å². The van der Waals surface area contributed by atoms with Crippen molar-refractivity contribution in [3.8, 4) is 0 Å². The van der Waals surface area contributed by atoms with Crippen LogP contribution in [0.15, 0.2) is 0 Å². The monoisotopic (exact) mass is 304 g/mol. The van der Waals surface area contributed by atoms with Crippen LogP contribution in [0.5, 0.6) is 0 Å². The van der Waals surface area contributed by atoms with Crippen molar-refractivity contribution in [1.29, 1.82) is 0 Å². The Hall–Kier alpha value is -1.28. The second-order valence-corrected chi connectivity index (χ2v) is 5.56. The van der Waals surface area contributed by atoms with Gasteiger partial charge in [-0.15, -0.1) is 0 Å². The van der Waals surface area contributed by atoms with Crippen LogP contribution in [-0.4, -0.2) is 60.2 Å². The Bertz CT molecular complexity index is 334. The van der Waals surface area contributed by atoms with E-state index in [1.165, 1.54) is 11.8 Å². The number of nitrogens with one attached hydrogen (secondary N) is 2. The molecule has 0 aromatic carbocycles. The lowest BCUT2D eigenvalue weighted by Gasteiger charge is -2.12. The molecule has 2 amide bonds. The van der Waals surface area contributed by atoms with E-state index in [2.05, 4.69) is 10.6 Å². The van der Waals surface area contributed by atoms with Crippen LogP contribution >= 0.6 is 11.8 Å². The lowest BCUT2D eigenvalue weighted by atomic mass is 10.2. The maximum absolute atomic E-state index is 11.5. The first-order chi connectivity index (χ1) is 9.63. The Balaban J connectivity index is 2.05. The number of hydrogen-bond acceptors (Lipinski definition) is 5. The molecule has 0 aliphatic carbocycles. The Morgan fingerprint density at radius 1 is 1.50 bits per heavy atom.